The fourth-order valence-electron chi connectivity index (χ4n) is 1.15. The van der Waals surface area contributed by atoms with E-state index in [1.54, 1.807) is 0 Å². The quantitative estimate of drug-likeness (QED) is 0.758. The lowest BCUT2D eigenvalue weighted by atomic mass is 10.3. The topological polar surface area (TPSA) is 85.1 Å². The first-order chi connectivity index (χ1) is 8.38. The molecule has 0 atom stereocenters. The van der Waals surface area contributed by atoms with Crippen LogP contribution in [-0.4, -0.2) is 13.4 Å². The minimum absolute atomic E-state index is 0.120. The molecule has 0 saturated carbocycles. The van der Waals surface area contributed by atoms with E-state index in [0.29, 0.717) is 15.3 Å². The number of rotatable bonds is 3. The summed E-state index contributed by atoms with van der Waals surface area (Å²) in [7, 11) is -3.65. The molecule has 0 spiro atoms. The van der Waals surface area contributed by atoms with E-state index in [1.807, 2.05) is 0 Å². The normalized spacial score (nSPS) is 11.4. The smallest absolute Gasteiger partial charge is 0.263 e. The number of nitrogens with zero attached hydrogens (tertiary/aromatic N) is 1. The zero-order valence-corrected chi connectivity index (χ0v) is 13.5. The van der Waals surface area contributed by atoms with Crippen molar-refractivity contribution in [3.05, 3.63) is 32.7 Å². The molecule has 3 N–H and O–H groups in total. The van der Waals surface area contributed by atoms with Crippen LogP contribution in [0, 0.1) is 0 Å². The van der Waals surface area contributed by atoms with Crippen molar-refractivity contribution in [2.75, 3.05) is 10.5 Å². The van der Waals surface area contributed by atoms with E-state index in [9.17, 15) is 8.42 Å². The summed E-state index contributed by atoms with van der Waals surface area (Å²) in [4.78, 5) is 4.03. The van der Waals surface area contributed by atoms with Crippen molar-refractivity contribution in [1.82, 2.24) is 4.98 Å². The van der Waals surface area contributed by atoms with Gasteiger partial charge in [-0.3, -0.25) is 4.72 Å². The van der Waals surface area contributed by atoms with Crippen LogP contribution in [0.25, 0.3) is 0 Å². The molecule has 18 heavy (non-hydrogen) atoms. The van der Waals surface area contributed by atoms with Crippen LogP contribution < -0.4 is 10.5 Å². The van der Waals surface area contributed by atoms with Gasteiger partial charge in [0, 0.05) is 10.2 Å². The second-order valence-electron chi connectivity index (χ2n) is 3.26. The minimum Gasteiger partial charge on any atom is -0.398 e. The second-order valence-corrected chi connectivity index (χ2v) is 8.20. The third-order valence-electron chi connectivity index (χ3n) is 1.98. The molecule has 0 aliphatic rings. The van der Waals surface area contributed by atoms with Crippen molar-refractivity contribution >= 4 is 64.0 Å². The lowest BCUT2D eigenvalue weighted by molar-refractivity contribution is 0.601. The van der Waals surface area contributed by atoms with Gasteiger partial charge in [-0.2, -0.15) is 0 Å². The van der Waals surface area contributed by atoms with E-state index < -0.39 is 10.0 Å². The van der Waals surface area contributed by atoms with Gasteiger partial charge in [-0.05, 0) is 50.1 Å². The summed E-state index contributed by atoms with van der Waals surface area (Å²) in [5.74, 6) is 0. The Morgan fingerprint density at radius 3 is 2.61 bits per heavy atom. The highest BCUT2D eigenvalue weighted by molar-refractivity contribution is 9.11. The summed E-state index contributed by atoms with van der Waals surface area (Å²) < 4.78 is 27.8. The molecule has 0 aliphatic carbocycles. The first-order valence-electron chi connectivity index (χ1n) is 4.57. The molecular weight excluding hydrogens is 406 g/mol. The van der Waals surface area contributed by atoms with Crippen molar-refractivity contribution < 1.29 is 8.42 Å². The number of anilines is 2. The number of halogens is 2. The third kappa shape index (κ3) is 3.02. The summed E-state index contributed by atoms with van der Waals surface area (Å²) in [5, 5.41) is 0.301. The van der Waals surface area contributed by atoms with Gasteiger partial charge in [0.05, 0.1) is 14.9 Å². The Morgan fingerprint density at radius 1 is 1.33 bits per heavy atom. The summed E-state index contributed by atoms with van der Waals surface area (Å²) in [5.41, 5.74) is 6.09. The molecule has 2 rings (SSSR count). The molecule has 96 valence electrons. The summed E-state index contributed by atoms with van der Waals surface area (Å²) in [6.07, 6.45) is 1.53. The summed E-state index contributed by atoms with van der Waals surface area (Å²) >= 11 is 7.60. The molecule has 2 aromatic rings. The number of benzene rings is 1. The maximum atomic E-state index is 12.1. The van der Waals surface area contributed by atoms with Crippen LogP contribution in [0.15, 0.2) is 37.6 Å². The highest BCUT2D eigenvalue weighted by Crippen LogP contribution is 2.27. The SMILES string of the molecule is Nc1ccc(S(=O)(=O)Nc2ncc(Br)s2)cc1Br. The Balaban J connectivity index is 2.33. The highest BCUT2D eigenvalue weighted by atomic mass is 79.9. The molecule has 0 radical (unpaired) electrons. The van der Waals surface area contributed by atoms with Crippen LogP contribution in [0.3, 0.4) is 0 Å². The fraction of sp³-hybridized carbons (Fsp3) is 0. The first kappa shape index (κ1) is 13.8. The zero-order chi connectivity index (χ0) is 13.3. The van der Waals surface area contributed by atoms with Crippen molar-refractivity contribution in [3.8, 4) is 0 Å². The van der Waals surface area contributed by atoms with Crippen LogP contribution >= 0.6 is 43.2 Å². The average Bonchev–Trinajstić information content (AvgIpc) is 2.67. The first-order valence-corrected chi connectivity index (χ1v) is 8.46. The average molecular weight is 413 g/mol. The van der Waals surface area contributed by atoms with Gasteiger partial charge in [0.2, 0.25) is 0 Å². The summed E-state index contributed by atoms with van der Waals surface area (Å²) in [6.45, 7) is 0. The number of nitrogens with two attached hydrogens (primary N) is 1. The molecule has 0 aliphatic heterocycles. The predicted octanol–water partition coefficient (Wildman–Crippen LogP) is 3.05. The fourth-order valence-corrected chi connectivity index (χ4v) is 4.06. The van der Waals surface area contributed by atoms with Crippen molar-refractivity contribution in [3.63, 3.8) is 0 Å². The Hall–Kier alpha value is -0.640. The molecule has 1 aromatic heterocycles. The minimum atomic E-state index is -3.65. The highest BCUT2D eigenvalue weighted by Gasteiger charge is 2.16. The molecule has 0 amide bonds. The van der Waals surface area contributed by atoms with E-state index >= 15 is 0 Å². The van der Waals surface area contributed by atoms with Gasteiger partial charge in [-0.25, -0.2) is 13.4 Å². The Labute approximate surface area is 125 Å². The predicted molar refractivity (Wildman–Crippen MR) is 79.2 cm³/mol. The molecule has 0 saturated heterocycles. The monoisotopic (exact) mass is 411 g/mol. The van der Waals surface area contributed by atoms with E-state index in [2.05, 4.69) is 41.6 Å². The molecule has 0 bridgehead atoms. The van der Waals surface area contributed by atoms with E-state index in [-0.39, 0.29) is 4.90 Å². The third-order valence-corrected chi connectivity index (χ3v) is 5.53. The van der Waals surface area contributed by atoms with Crippen LogP contribution in [-0.2, 0) is 10.0 Å². The van der Waals surface area contributed by atoms with Crippen molar-refractivity contribution in [1.29, 1.82) is 0 Å². The van der Waals surface area contributed by atoms with E-state index in [4.69, 9.17) is 5.73 Å². The number of aromatic nitrogens is 1. The molecule has 0 fully saturated rings. The lowest BCUT2D eigenvalue weighted by Crippen LogP contribution is -2.12. The Kier molecular flexibility index (Phi) is 3.95. The molecule has 9 heteroatoms. The van der Waals surface area contributed by atoms with Crippen LogP contribution in [0.5, 0.6) is 0 Å². The molecule has 5 nitrogen and oxygen atoms in total. The van der Waals surface area contributed by atoms with Gasteiger partial charge >= 0.3 is 0 Å². The molecule has 0 unspecified atom stereocenters. The van der Waals surface area contributed by atoms with Crippen LogP contribution in [0.1, 0.15) is 0 Å². The Morgan fingerprint density at radius 2 is 2.06 bits per heavy atom. The number of nitrogen functional groups attached to an aromatic ring is 1. The molecule has 1 aromatic carbocycles. The van der Waals surface area contributed by atoms with Gasteiger partial charge in [-0.15, -0.1) is 0 Å². The van der Waals surface area contributed by atoms with E-state index in [0.717, 1.165) is 3.79 Å². The molecular formula is C9H7Br2N3O2S2. The van der Waals surface area contributed by atoms with Gasteiger partial charge in [0.25, 0.3) is 10.0 Å². The van der Waals surface area contributed by atoms with Gasteiger partial charge in [0.15, 0.2) is 5.13 Å². The number of thiazole rings is 1. The van der Waals surface area contributed by atoms with Crippen LogP contribution in [0.4, 0.5) is 10.8 Å². The van der Waals surface area contributed by atoms with Gasteiger partial charge in [-0.1, -0.05) is 11.3 Å². The number of hydrogen-bond acceptors (Lipinski definition) is 5. The number of sulfonamides is 1. The maximum Gasteiger partial charge on any atom is 0.263 e. The van der Waals surface area contributed by atoms with Crippen molar-refractivity contribution in [2.45, 2.75) is 4.90 Å². The van der Waals surface area contributed by atoms with Crippen LogP contribution in [0.2, 0.25) is 0 Å². The standard InChI is InChI=1S/C9H7Br2N3O2S2/c10-6-3-5(1-2-7(6)12)18(15,16)14-9-13-4-8(11)17-9/h1-4H,12H2,(H,13,14). The lowest BCUT2D eigenvalue weighted by Gasteiger charge is -2.06. The van der Waals surface area contributed by atoms with Crippen molar-refractivity contribution in [2.24, 2.45) is 0 Å². The molecule has 1 heterocycles. The summed E-state index contributed by atoms with van der Waals surface area (Å²) in [6, 6.07) is 4.40. The number of hydrogen-bond donors (Lipinski definition) is 2. The number of nitrogens with one attached hydrogen (secondary N) is 1. The zero-order valence-electron chi connectivity index (χ0n) is 8.72. The Bertz CT molecular complexity index is 685. The largest absolute Gasteiger partial charge is 0.398 e. The van der Waals surface area contributed by atoms with Gasteiger partial charge < -0.3 is 5.73 Å². The maximum absolute atomic E-state index is 12.1. The van der Waals surface area contributed by atoms with Gasteiger partial charge in [0.1, 0.15) is 0 Å². The van der Waals surface area contributed by atoms with E-state index in [1.165, 1.54) is 35.7 Å². The second kappa shape index (κ2) is 5.16.